The van der Waals surface area contributed by atoms with E-state index >= 15 is 0 Å². The van der Waals surface area contributed by atoms with Crippen LogP contribution in [0, 0.1) is 0 Å². The molecule has 0 spiro atoms. The second kappa shape index (κ2) is 11.3. The molecule has 1 saturated heterocycles. The minimum Gasteiger partial charge on any atom is -0.493 e. The number of amides is 2. The number of hydrogen-bond acceptors (Lipinski definition) is 6. The molecule has 2 amide bonds. The van der Waals surface area contributed by atoms with Crippen LogP contribution in [0.5, 0.6) is 11.5 Å². The van der Waals surface area contributed by atoms with Crippen molar-refractivity contribution in [2.45, 2.75) is 0 Å². The predicted octanol–water partition coefficient (Wildman–Crippen LogP) is 5.91. The Balaban J connectivity index is 1.54. The molecule has 0 saturated carbocycles. The van der Waals surface area contributed by atoms with Gasteiger partial charge in [-0.1, -0.05) is 59.6 Å². The van der Waals surface area contributed by atoms with Crippen molar-refractivity contribution in [1.29, 1.82) is 0 Å². The number of aliphatic imine (C=N–C) groups is 1. The Morgan fingerprint density at radius 2 is 1.86 bits per heavy atom. The molecule has 3 aromatic carbocycles. The molecule has 1 fully saturated rings. The first-order chi connectivity index (χ1) is 16.9. The second-order valence-corrected chi connectivity index (χ2v) is 8.95. The maximum Gasteiger partial charge on any atom is 0.264 e. The lowest BCUT2D eigenvalue weighted by atomic mass is 10.1. The number of hydrogen-bond donors (Lipinski definition) is 2. The molecule has 0 bridgehead atoms. The van der Waals surface area contributed by atoms with Crippen LogP contribution in [0.15, 0.2) is 76.6 Å². The van der Waals surface area contributed by atoms with E-state index in [2.05, 4.69) is 15.6 Å². The molecule has 178 valence electrons. The van der Waals surface area contributed by atoms with E-state index in [0.717, 1.165) is 11.8 Å². The number of rotatable bonds is 7. The number of methoxy groups -OCH3 is 1. The first-order valence-corrected chi connectivity index (χ1v) is 11.9. The highest BCUT2D eigenvalue weighted by molar-refractivity contribution is 8.18. The van der Waals surface area contributed by atoms with Crippen molar-refractivity contribution in [1.82, 2.24) is 5.32 Å². The second-order valence-electron chi connectivity index (χ2n) is 7.14. The fourth-order valence-corrected chi connectivity index (χ4v) is 4.29. The largest absolute Gasteiger partial charge is 0.493 e. The molecule has 1 aliphatic heterocycles. The summed E-state index contributed by atoms with van der Waals surface area (Å²) in [7, 11) is 1.50. The molecule has 7 nitrogen and oxygen atoms in total. The Labute approximate surface area is 216 Å². The summed E-state index contributed by atoms with van der Waals surface area (Å²) in [5, 5.41) is 6.50. The summed E-state index contributed by atoms with van der Waals surface area (Å²) in [6.07, 6.45) is 1.65. The van der Waals surface area contributed by atoms with Gasteiger partial charge < -0.3 is 20.1 Å². The minimum atomic E-state index is -0.332. The van der Waals surface area contributed by atoms with E-state index in [1.54, 1.807) is 54.6 Å². The van der Waals surface area contributed by atoms with E-state index in [-0.39, 0.29) is 18.4 Å². The Morgan fingerprint density at radius 3 is 2.63 bits per heavy atom. The first kappa shape index (κ1) is 24.7. The van der Waals surface area contributed by atoms with Gasteiger partial charge in [-0.25, -0.2) is 4.99 Å². The van der Waals surface area contributed by atoms with Gasteiger partial charge in [-0.2, -0.15) is 0 Å². The lowest BCUT2D eigenvalue weighted by Gasteiger charge is -2.13. The van der Waals surface area contributed by atoms with Crippen LogP contribution in [0.25, 0.3) is 6.08 Å². The van der Waals surface area contributed by atoms with E-state index in [1.165, 1.54) is 7.11 Å². The highest BCUT2D eigenvalue weighted by Crippen LogP contribution is 2.37. The summed E-state index contributed by atoms with van der Waals surface area (Å²) in [5.74, 6) is 0.0984. The number of halogens is 2. The Hall–Kier alpha value is -3.46. The molecule has 3 aromatic rings. The van der Waals surface area contributed by atoms with Crippen LogP contribution >= 0.6 is 35.0 Å². The molecule has 4 rings (SSSR count). The number of ether oxygens (including phenoxy) is 2. The summed E-state index contributed by atoms with van der Waals surface area (Å²) >= 11 is 13.4. The van der Waals surface area contributed by atoms with Gasteiger partial charge in [0.1, 0.15) is 0 Å². The number of anilines is 1. The molecule has 0 radical (unpaired) electrons. The quantitative estimate of drug-likeness (QED) is 0.372. The number of carbonyl (C=O) groups excluding carboxylic acids is 2. The van der Waals surface area contributed by atoms with Gasteiger partial charge in [-0.3, -0.25) is 9.59 Å². The molecule has 1 aliphatic rings. The van der Waals surface area contributed by atoms with Crippen LogP contribution in [-0.2, 0) is 9.59 Å². The standard InChI is InChI=1S/C25H19Cl2N3O4S/c1-33-19-12-5-7-15(23(19)34-14-21(31)28-16-8-3-2-4-9-16)13-20-24(32)30-25(35-20)29-18-11-6-10-17(26)22(18)27/h2-13H,14H2,1H3,(H,28,31)(H,29,30,32)/b20-13+. The first-order valence-electron chi connectivity index (χ1n) is 10.3. The normalized spacial score (nSPS) is 15.2. The van der Waals surface area contributed by atoms with Crippen molar-refractivity contribution in [3.8, 4) is 11.5 Å². The number of thioether (sulfide) groups is 1. The van der Waals surface area contributed by atoms with Crippen molar-refractivity contribution >= 4 is 69.4 Å². The van der Waals surface area contributed by atoms with Crippen molar-refractivity contribution < 1.29 is 19.1 Å². The van der Waals surface area contributed by atoms with Crippen molar-refractivity contribution in [2.75, 3.05) is 19.0 Å². The van der Waals surface area contributed by atoms with Gasteiger partial charge in [0.15, 0.2) is 23.3 Å². The van der Waals surface area contributed by atoms with E-state index in [4.69, 9.17) is 32.7 Å². The highest BCUT2D eigenvalue weighted by atomic mass is 35.5. The SMILES string of the molecule is COc1cccc(/C=C2/SC(=Nc3cccc(Cl)c3Cl)NC2=O)c1OCC(=O)Nc1ccccc1. The summed E-state index contributed by atoms with van der Waals surface area (Å²) < 4.78 is 11.2. The van der Waals surface area contributed by atoms with Crippen molar-refractivity contribution in [2.24, 2.45) is 4.99 Å². The number of amidine groups is 1. The molecule has 1 heterocycles. The lowest BCUT2D eigenvalue weighted by Crippen LogP contribution is -2.20. The fraction of sp³-hybridized carbons (Fsp3) is 0.0800. The van der Waals surface area contributed by atoms with Crippen LogP contribution in [0.2, 0.25) is 10.0 Å². The zero-order valence-electron chi connectivity index (χ0n) is 18.4. The average Bonchev–Trinajstić information content (AvgIpc) is 3.20. The molecular weight excluding hydrogens is 509 g/mol. The fourth-order valence-electron chi connectivity index (χ4n) is 3.13. The third-order valence-corrected chi connectivity index (χ3v) is 6.44. The number of para-hydroxylation sites is 2. The van der Waals surface area contributed by atoms with E-state index in [1.807, 2.05) is 18.2 Å². The van der Waals surface area contributed by atoms with Gasteiger partial charge in [-0.05, 0) is 48.2 Å². The van der Waals surface area contributed by atoms with E-state index < -0.39 is 0 Å². The maximum absolute atomic E-state index is 12.6. The zero-order chi connectivity index (χ0) is 24.8. The Morgan fingerprint density at radius 1 is 1.09 bits per heavy atom. The number of carbonyl (C=O) groups is 2. The van der Waals surface area contributed by atoms with Crippen LogP contribution < -0.4 is 20.1 Å². The van der Waals surface area contributed by atoms with Crippen molar-refractivity contribution in [3.63, 3.8) is 0 Å². The van der Waals surface area contributed by atoms with Gasteiger partial charge in [0.2, 0.25) is 0 Å². The van der Waals surface area contributed by atoms with Gasteiger partial charge in [0.05, 0.1) is 27.7 Å². The third-order valence-electron chi connectivity index (χ3n) is 4.73. The van der Waals surface area contributed by atoms with Crippen LogP contribution in [0.3, 0.4) is 0 Å². The molecule has 0 unspecified atom stereocenters. The lowest BCUT2D eigenvalue weighted by molar-refractivity contribution is -0.118. The highest BCUT2D eigenvalue weighted by Gasteiger charge is 2.25. The molecule has 0 aliphatic carbocycles. The molecular formula is C25H19Cl2N3O4S. The third kappa shape index (κ3) is 6.16. The summed E-state index contributed by atoms with van der Waals surface area (Å²) in [5.41, 5.74) is 1.67. The molecule has 0 atom stereocenters. The number of benzene rings is 3. The monoisotopic (exact) mass is 527 g/mol. The smallest absolute Gasteiger partial charge is 0.264 e. The van der Waals surface area contributed by atoms with Crippen molar-refractivity contribution in [3.05, 3.63) is 87.2 Å². The molecule has 10 heteroatoms. The summed E-state index contributed by atoms with van der Waals surface area (Å²) in [6.45, 7) is -0.245. The predicted molar refractivity (Wildman–Crippen MR) is 141 cm³/mol. The average molecular weight is 528 g/mol. The molecule has 2 N–H and O–H groups in total. The zero-order valence-corrected chi connectivity index (χ0v) is 20.7. The number of nitrogens with one attached hydrogen (secondary N) is 2. The van der Waals surface area contributed by atoms with Crippen LogP contribution in [0.1, 0.15) is 5.56 Å². The topological polar surface area (TPSA) is 89.0 Å². The van der Waals surface area contributed by atoms with E-state index in [0.29, 0.717) is 48.6 Å². The van der Waals surface area contributed by atoms with Crippen LogP contribution in [0.4, 0.5) is 11.4 Å². The Kier molecular flexibility index (Phi) is 7.97. The molecule has 35 heavy (non-hydrogen) atoms. The maximum atomic E-state index is 12.6. The summed E-state index contributed by atoms with van der Waals surface area (Å²) in [4.78, 5) is 29.7. The Bertz CT molecular complexity index is 1330. The van der Waals surface area contributed by atoms with Gasteiger partial charge in [-0.15, -0.1) is 0 Å². The number of nitrogens with zero attached hydrogens (tertiary/aromatic N) is 1. The van der Waals surface area contributed by atoms with Gasteiger partial charge >= 0.3 is 0 Å². The summed E-state index contributed by atoms with van der Waals surface area (Å²) in [6, 6.07) is 19.4. The van der Waals surface area contributed by atoms with E-state index in [9.17, 15) is 9.59 Å². The van der Waals surface area contributed by atoms with Crippen LogP contribution in [-0.4, -0.2) is 30.7 Å². The molecule has 0 aromatic heterocycles. The van der Waals surface area contributed by atoms with Gasteiger partial charge in [0.25, 0.3) is 11.8 Å². The van der Waals surface area contributed by atoms with Gasteiger partial charge in [0, 0.05) is 11.3 Å². The minimum absolute atomic E-state index is 0.245.